The Bertz CT molecular complexity index is 990. The van der Waals surface area contributed by atoms with Crippen molar-refractivity contribution in [3.63, 3.8) is 0 Å². The number of aliphatic hydroxyl groups is 1. The fourth-order valence-corrected chi connectivity index (χ4v) is 6.19. The third kappa shape index (κ3) is 4.15. The first kappa shape index (κ1) is 23.8. The second-order valence-electron chi connectivity index (χ2n) is 7.10. The standard InChI is InChI=1S/C18H18F6N2O3S2/c1-12-11-25(8-9-26(12)31(28,29)15-3-2-10-30-15)14-6-4-13(5-7-14)16(27,17(19,20)21)18(22,23)24/h2-7,10,12,27H,8-9,11H2,1H3/t12-/m1/s1. The number of halogens is 6. The zero-order chi connectivity index (χ0) is 23.2. The van der Waals surface area contributed by atoms with Crippen molar-refractivity contribution in [1.82, 2.24) is 4.31 Å². The van der Waals surface area contributed by atoms with E-state index in [1.54, 1.807) is 23.3 Å². The molecule has 2 heterocycles. The van der Waals surface area contributed by atoms with E-state index in [-0.39, 0.29) is 23.8 Å². The van der Waals surface area contributed by atoms with Crippen LogP contribution in [0.3, 0.4) is 0 Å². The van der Waals surface area contributed by atoms with E-state index in [1.165, 1.54) is 10.4 Å². The van der Waals surface area contributed by atoms with E-state index >= 15 is 0 Å². The van der Waals surface area contributed by atoms with Crippen molar-refractivity contribution in [3.05, 3.63) is 47.3 Å². The molecule has 0 radical (unpaired) electrons. The zero-order valence-corrected chi connectivity index (χ0v) is 17.6. The molecule has 31 heavy (non-hydrogen) atoms. The van der Waals surface area contributed by atoms with Crippen molar-refractivity contribution in [2.24, 2.45) is 0 Å². The number of benzene rings is 1. The number of rotatable bonds is 4. The summed E-state index contributed by atoms with van der Waals surface area (Å²) in [7, 11) is -3.69. The van der Waals surface area contributed by atoms with Gasteiger partial charge in [0.15, 0.2) is 0 Å². The lowest BCUT2D eigenvalue weighted by atomic mass is 9.92. The van der Waals surface area contributed by atoms with Gasteiger partial charge >= 0.3 is 12.4 Å². The zero-order valence-electron chi connectivity index (χ0n) is 16.0. The van der Waals surface area contributed by atoms with Crippen molar-refractivity contribution in [2.45, 2.75) is 35.1 Å². The van der Waals surface area contributed by atoms with Crippen molar-refractivity contribution in [1.29, 1.82) is 0 Å². The van der Waals surface area contributed by atoms with Crippen LogP contribution in [0.2, 0.25) is 0 Å². The summed E-state index contributed by atoms with van der Waals surface area (Å²) in [5.74, 6) is 0. The number of hydrogen-bond acceptors (Lipinski definition) is 5. The monoisotopic (exact) mass is 488 g/mol. The van der Waals surface area contributed by atoms with Gasteiger partial charge in [-0.25, -0.2) is 8.42 Å². The first-order valence-electron chi connectivity index (χ1n) is 8.96. The van der Waals surface area contributed by atoms with Gasteiger partial charge in [-0.15, -0.1) is 11.3 Å². The Labute approximate surface area is 178 Å². The van der Waals surface area contributed by atoms with Gasteiger partial charge in [-0.3, -0.25) is 0 Å². The Hall–Kier alpha value is -1.83. The normalized spacial score (nSPS) is 19.6. The lowest BCUT2D eigenvalue weighted by Crippen LogP contribution is -2.54. The number of thiophene rings is 1. The Morgan fingerprint density at radius 2 is 1.58 bits per heavy atom. The highest BCUT2D eigenvalue weighted by atomic mass is 32.2. The summed E-state index contributed by atoms with van der Waals surface area (Å²) in [4.78, 5) is 1.66. The fraction of sp³-hybridized carbons (Fsp3) is 0.444. The minimum absolute atomic E-state index is 0.0954. The van der Waals surface area contributed by atoms with E-state index < -0.39 is 39.6 Å². The molecule has 0 unspecified atom stereocenters. The van der Waals surface area contributed by atoms with Gasteiger partial charge < -0.3 is 10.0 Å². The maximum absolute atomic E-state index is 13.0. The number of sulfonamides is 1. The average molecular weight is 488 g/mol. The molecule has 1 fully saturated rings. The third-order valence-corrected chi connectivity index (χ3v) is 8.48. The second kappa shape index (κ2) is 7.94. The summed E-state index contributed by atoms with van der Waals surface area (Å²) in [6, 6.07) is 5.87. The van der Waals surface area contributed by atoms with Crippen LogP contribution < -0.4 is 4.90 Å². The van der Waals surface area contributed by atoms with Gasteiger partial charge in [0, 0.05) is 36.9 Å². The van der Waals surface area contributed by atoms with Crippen LogP contribution in [-0.2, 0) is 15.6 Å². The summed E-state index contributed by atoms with van der Waals surface area (Å²) in [5.41, 5.74) is -6.02. The molecule has 3 rings (SSSR count). The summed E-state index contributed by atoms with van der Waals surface area (Å²) in [6.45, 7) is 2.14. The molecular weight excluding hydrogens is 470 g/mol. The lowest BCUT2D eigenvalue weighted by molar-refractivity contribution is -0.376. The highest BCUT2D eigenvalue weighted by Crippen LogP contribution is 2.50. The molecule has 1 aromatic carbocycles. The molecule has 1 atom stereocenters. The van der Waals surface area contributed by atoms with Gasteiger partial charge in [0.1, 0.15) is 4.21 Å². The molecule has 13 heteroatoms. The topological polar surface area (TPSA) is 60.9 Å². The molecule has 5 nitrogen and oxygen atoms in total. The van der Waals surface area contributed by atoms with E-state index in [2.05, 4.69) is 0 Å². The largest absolute Gasteiger partial charge is 0.430 e. The van der Waals surface area contributed by atoms with Crippen LogP contribution in [-0.4, -0.2) is 55.9 Å². The average Bonchev–Trinajstić information content (AvgIpc) is 3.21. The number of hydrogen-bond donors (Lipinski definition) is 1. The highest BCUT2D eigenvalue weighted by molar-refractivity contribution is 7.91. The SMILES string of the molecule is C[C@@H]1CN(c2ccc(C(O)(C(F)(F)F)C(F)(F)F)cc2)CCN1S(=O)(=O)c1cccs1. The quantitative estimate of drug-likeness (QED) is 0.662. The van der Waals surface area contributed by atoms with Crippen molar-refractivity contribution in [3.8, 4) is 0 Å². The molecule has 1 saturated heterocycles. The molecule has 0 bridgehead atoms. The molecule has 1 N–H and O–H groups in total. The molecule has 0 amide bonds. The molecule has 172 valence electrons. The third-order valence-electron chi connectivity index (χ3n) is 5.10. The Morgan fingerprint density at radius 1 is 1.00 bits per heavy atom. The minimum Gasteiger partial charge on any atom is -0.369 e. The molecule has 1 aliphatic rings. The molecule has 2 aromatic rings. The van der Waals surface area contributed by atoms with Crippen molar-refractivity contribution >= 4 is 27.0 Å². The van der Waals surface area contributed by atoms with E-state index in [4.69, 9.17) is 0 Å². The predicted octanol–water partition coefficient (Wildman–Crippen LogP) is 3.96. The Balaban J connectivity index is 1.80. The highest BCUT2D eigenvalue weighted by Gasteiger charge is 2.71. The van der Waals surface area contributed by atoms with Crippen molar-refractivity contribution in [2.75, 3.05) is 24.5 Å². The van der Waals surface area contributed by atoms with Gasteiger partial charge in [-0.2, -0.15) is 30.6 Å². The van der Waals surface area contributed by atoms with E-state index in [0.29, 0.717) is 17.8 Å². The van der Waals surface area contributed by atoms with Gasteiger partial charge in [0.2, 0.25) is 0 Å². The first-order valence-corrected chi connectivity index (χ1v) is 11.3. The van der Waals surface area contributed by atoms with E-state index in [9.17, 15) is 39.9 Å². The van der Waals surface area contributed by atoms with Crippen LogP contribution in [0.1, 0.15) is 12.5 Å². The van der Waals surface area contributed by atoms with Crippen LogP contribution in [0.4, 0.5) is 32.0 Å². The summed E-state index contributed by atoms with van der Waals surface area (Å²) in [5, 5.41) is 11.1. The van der Waals surface area contributed by atoms with Crippen LogP contribution in [0.15, 0.2) is 46.0 Å². The van der Waals surface area contributed by atoms with Gasteiger partial charge in [-0.1, -0.05) is 18.2 Å². The maximum Gasteiger partial charge on any atom is 0.430 e. The molecule has 0 aliphatic carbocycles. The molecular formula is C18H18F6N2O3S2. The Kier molecular flexibility index (Phi) is 6.10. The first-order chi connectivity index (χ1) is 14.2. The minimum atomic E-state index is -5.96. The van der Waals surface area contributed by atoms with Crippen LogP contribution in [0, 0.1) is 0 Å². The lowest BCUT2D eigenvalue weighted by Gasteiger charge is -2.40. The summed E-state index contributed by atoms with van der Waals surface area (Å²) < 4.78 is 105. The van der Waals surface area contributed by atoms with E-state index in [0.717, 1.165) is 23.5 Å². The van der Waals surface area contributed by atoms with Gasteiger partial charge in [0.05, 0.1) is 0 Å². The second-order valence-corrected chi connectivity index (χ2v) is 10.2. The summed E-state index contributed by atoms with van der Waals surface area (Å²) in [6.07, 6.45) is -11.9. The van der Waals surface area contributed by atoms with Gasteiger partial charge in [0.25, 0.3) is 15.6 Å². The number of nitrogens with zero attached hydrogens (tertiary/aromatic N) is 2. The van der Waals surface area contributed by atoms with E-state index in [1.807, 2.05) is 0 Å². The molecule has 1 aromatic heterocycles. The summed E-state index contributed by atoms with van der Waals surface area (Å²) >= 11 is 1.08. The molecule has 1 aliphatic heterocycles. The van der Waals surface area contributed by atoms with Crippen LogP contribution in [0.25, 0.3) is 0 Å². The van der Waals surface area contributed by atoms with Crippen molar-refractivity contribution < 1.29 is 39.9 Å². The van der Waals surface area contributed by atoms with Crippen LogP contribution in [0.5, 0.6) is 0 Å². The van der Waals surface area contributed by atoms with Gasteiger partial charge in [-0.05, 0) is 30.5 Å². The molecule has 0 saturated carbocycles. The number of anilines is 1. The smallest absolute Gasteiger partial charge is 0.369 e. The van der Waals surface area contributed by atoms with Crippen LogP contribution >= 0.6 is 11.3 Å². The number of piperazine rings is 1. The number of alkyl halides is 6. The fourth-order valence-electron chi connectivity index (χ4n) is 3.46. The Morgan fingerprint density at radius 3 is 2.03 bits per heavy atom. The molecule has 0 spiro atoms. The predicted molar refractivity (Wildman–Crippen MR) is 102 cm³/mol. The maximum atomic E-state index is 13.0.